The lowest BCUT2D eigenvalue weighted by Gasteiger charge is -2.40. The van der Waals surface area contributed by atoms with Gasteiger partial charge < -0.3 is 9.16 Å². The quantitative estimate of drug-likeness (QED) is 0.456. The lowest BCUT2D eigenvalue weighted by molar-refractivity contribution is -0.146. The van der Waals surface area contributed by atoms with Gasteiger partial charge in [0.05, 0.1) is 13.2 Å². The number of ether oxygens (including phenoxy) is 1. The average molecular weight is 311 g/mol. The zero-order valence-corrected chi connectivity index (χ0v) is 15.2. The molecular weight excluding hydrogens is 282 g/mol. The smallest absolute Gasteiger partial charge is 0.323 e. The van der Waals surface area contributed by atoms with E-state index in [4.69, 9.17) is 9.16 Å². The van der Waals surface area contributed by atoms with Crippen LogP contribution >= 0.6 is 0 Å². The summed E-state index contributed by atoms with van der Waals surface area (Å²) >= 11 is 0. The van der Waals surface area contributed by atoms with Crippen LogP contribution in [0.15, 0.2) is 12.2 Å². The largest absolute Gasteiger partial charge is 0.468 e. The molecule has 0 amide bonds. The lowest BCUT2D eigenvalue weighted by Crippen LogP contribution is -2.48. The summed E-state index contributed by atoms with van der Waals surface area (Å²) in [5.74, 6) is -0.128. The van der Waals surface area contributed by atoms with E-state index in [0.717, 1.165) is 19.4 Å². The van der Waals surface area contributed by atoms with E-state index in [-0.39, 0.29) is 23.2 Å². The minimum atomic E-state index is -1.82. The fraction of sp³-hybridized carbons (Fsp3) is 0.812. The van der Waals surface area contributed by atoms with E-state index in [1.54, 1.807) is 0 Å². The Balaban J connectivity index is 2.17. The first kappa shape index (κ1) is 16.7. The van der Waals surface area contributed by atoms with Crippen LogP contribution in [0, 0.1) is 0 Å². The van der Waals surface area contributed by atoms with Gasteiger partial charge in [-0.2, -0.15) is 0 Å². The molecule has 4 nitrogen and oxygen atoms in total. The van der Waals surface area contributed by atoms with Gasteiger partial charge in [0.2, 0.25) is 0 Å². The van der Waals surface area contributed by atoms with E-state index in [1.807, 2.05) is 0 Å². The zero-order chi connectivity index (χ0) is 15.8. The Bertz CT molecular complexity index is 428. The third-order valence-corrected chi connectivity index (χ3v) is 9.80. The van der Waals surface area contributed by atoms with E-state index in [1.165, 1.54) is 7.11 Å². The van der Waals surface area contributed by atoms with E-state index < -0.39 is 8.32 Å². The van der Waals surface area contributed by atoms with E-state index >= 15 is 0 Å². The molecule has 120 valence electrons. The predicted molar refractivity (Wildman–Crippen MR) is 86.7 cm³/mol. The number of fused-ring (bicyclic) bond motifs is 1. The van der Waals surface area contributed by atoms with Gasteiger partial charge in [-0.25, -0.2) is 0 Å². The number of esters is 1. The van der Waals surface area contributed by atoms with E-state index in [2.05, 4.69) is 50.9 Å². The van der Waals surface area contributed by atoms with Crippen molar-refractivity contribution in [3.8, 4) is 0 Å². The summed E-state index contributed by atoms with van der Waals surface area (Å²) in [5, 5.41) is 0.186. The summed E-state index contributed by atoms with van der Waals surface area (Å²) in [4.78, 5) is 14.3. The van der Waals surface area contributed by atoms with Gasteiger partial charge in [0.15, 0.2) is 8.32 Å². The minimum absolute atomic E-state index is 0.128. The van der Waals surface area contributed by atoms with Gasteiger partial charge in [0.25, 0.3) is 0 Å². The summed E-state index contributed by atoms with van der Waals surface area (Å²) in [7, 11) is -0.352. The summed E-state index contributed by atoms with van der Waals surface area (Å²) < 4.78 is 11.6. The number of hydrogen-bond acceptors (Lipinski definition) is 4. The Morgan fingerprint density at radius 1 is 1.29 bits per heavy atom. The number of carbonyl (C=O) groups is 1. The fourth-order valence-corrected chi connectivity index (χ4v) is 4.35. The topological polar surface area (TPSA) is 38.8 Å². The maximum Gasteiger partial charge on any atom is 0.323 e. The molecule has 0 aliphatic carbocycles. The van der Waals surface area contributed by atoms with Crippen molar-refractivity contribution in [3.05, 3.63) is 12.2 Å². The molecule has 2 aliphatic rings. The maximum absolute atomic E-state index is 12.0. The van der Waals surface area contributed by atoms with Crippen molar-refractivity contribution in [2.24, 2.45) is 0 Å². The van der Waals surface area contributed by atoms with Gasteiger partial charge in [0, 0.05) is 19.0 Å². The number of nitrogens with zero attached hydrogens (tertiary/aromatic N) is 1. The summed E-state index contributed by atoms with van der Waals surface area (Å²) in [5.41, 5.74) is 0. The molecule has 0 spiro atoms. The highest BCUT2D eigenvalue weighted by molar-refractivity contribution is 6.74. The third-order valence-electron chi connectivity index (χ3n) is 5.30. The molecule has 0 aromatic heterocycles. The molecule has 0 bridgehead atoms. The van der Waals surface area contributed by atoms with Gasteiger partial charge in [0.1, 0.15) is 6.04 Å². The molecule has 1 saturated heterocycles. The van der Waals surface area contributed by atoms with Crippen molar-refractivity contribution in [2.75, 3.05) is 13.7 Å². The van der Waals surface area contributed by atoms with Crippen LogP contribution in [0.2, 0.25) is 18.1 Å². The van der Waals surface area contributed by atoms with Crippen molar-refractivity contribution in [1.82, 2.24) is 4.90 Å². The van der Waals surface area contributed by atoms with Crippen LogP contribution in [0.3, 0.4) is 0 Å². The second-order valence-corrected chi connectivity index (χ2v) is 12.4. The minimum Gasteiger partial charge on any atom is -0.468 e. The normalized spacial score (nSPS) is 30.3. The molecule has 0 aromatic carbocycles. The highest BCUT2D eigenvalue weighted by atomic mass is 28.4. The predicted octanol–water partition coefficient (Wildman–Crippen LogP) is 2.95. The molecule has 2 heterocycles. The lowest BCUT2D eigenvalue weighted by atomic mass is 10.1. The van der Waals surface area contributed by atoms with Gasteiger partial charge in [-0.05, 0) is 24.6 Å². The van der Waals surface area contributed by atoms with Gasteiger partial charge in [-0.1, -0.05) is 32.9 Å². The highest BCUT2D eigenvalue weighted by Gasteiger charge is 2.49. The maximum atomic E-state index is 12.0. The van der Waals surface area contributed by atoms with Crippen LogP contribution in [0.4, 0.5) is 0 Å². The summed E-state index contributed by atoms with van der Waals surface area (Å²) in [6.07, 6.45) is 6.21. The third kappa shape index (κ3) is 3.25. The molecular formula is C16H29NO3Si. The Morgan fingerprint density at radius 3 is 2.52 bits per heavy atom. The molecule has 2 aliphatic heterocycles. The van der Waals surface area contributed by atoms with Gasteiger partial charge in [-0.15, -0.1) is 0 Å². The molecule has 0 unspecified atom stereocenters. The number of rotatable bonds is 3. The fourth-order valence-electron chi connectivity index (χ4n) is 2.99. The van der Waals surface area contributed by atoms with Crippen molar-refractivity contribution in [1.29, 1.82) is 0 Å². The first-order valence-corrected chi connectivity index (χ1v) is 10.7. The number of hydrogen-bond donors (Lipinski definition) is 0. The van der Waals surface area contributed by atoms with Crippen LogP contribution < -0.4 is 0 Å². The molecule has 5 heteroatoms. The molecule has 0 N–H and O–H groups in total. The second kappa shape index (κ2) is 5.86. The Morgan fingerprint density at radius 2 is 1.95 bits per heavy atom. The van der Waals surface area contributed by atoms with Gasteiger partial charge in [-0.3, -0.25) is 9.69 Å². The number of methoxy groups -OCH3 is 1. The Kier molecular flexibility index (Phi) is 4.66. The Labute approximate surface area is 129 Å². The van der Waals surface area contributed by atoms with Gasteiger partial charge >= 0.3 is 5.97 Å². The van der Waals surface area contributed by atoms with Crippen molar-refractivity contribution in [3.63, 3.8) is 0 Å². The molecule has 21 heavy (non-hydrogen) atoms. The number of carbonyl (C=O) groups excluding carboxylic acids is 1. The molecule has 3 atom stereocenters. The van der Waals surface area contributed by atoms with E-state index in [9.17, 15) is 4.79 Å². The van der Waals surface area contributed by atoms with Crippen LogP contribution in [0.5, 0.6) is 0 Å². The Hall–Kier alpha value is -0.653. The van der Waals surface area contributed by atoms with Crippen LogP contribution in [-0.4, -0.2) is 51.0 Å². The first-order chi connectivity index (χ1) is 9.67. The average Bonchev–Trinajstić information content (AvgIpc) is 2.75. The summed E-state index contributed by atoms with van der Waals surface area (Å²) in [6.45, 7) is 12.1. The second-order valence-electron chi connectivity index (χ2n) is 7.66. The van der Waals surface area contributed by atoms with E-state index in [0.29, 0.717) is 6.04 Å². The van der Waals surface area contributed by atoms with Crippen LogP contribution in [0.1, 0.15) is 33.6 Å². The van der Waals surface area contributed by atoms with Crippen molar-refractivity contribution in [2.45, 2.75) is 69.9 Å². The summed E-state index contributed by atoms with van der Waals surface area (Å²) in [6, 6.07) is 0.160. The molecule has 2 rings (SSSR count). The molecule has 0 saturated carbocycles. The van der Waals surface area contributed by atoms with Crippen molar-refractivity contribution >= 4 is 14.3 Å². The molecule has 0 radical (unpaired) electrons. The SMILES string of the molecule is COC(=O)[C@@H]1C[C@@H](O[Si](C)(C)C(C)(C)C)[C@@H]2CC=CCN12. The molecule has 1 fully saturated rings. The molecule has 0 aromatic rings. The monoisotopic (exact) mass is 311 g/mol. The van der Waals surface area contributed by atoms with Crippen LogP contribution in [-0.2, 0) is 14.0 Å². The standard InChI is InChI=1S/C16H29NO3Si/c1-16(2,3)21(5,6)20-14-11-13(15(18)19-4)17-10-8-7-9-12(14)17/h7-8,12-14H,9-11H2,1-6H3/t12-,13-,14+/m0/s1. The highest BCUT2D eigenvalue weighted by Crippen LogP contribution is 2.41. The first-order valence-electron chi connectivity index (χ1n) is 7.84. The van der Waals surface area contributed by atoms with Crippen LogP contribution in [0.25, 0.3) is 0 Å². The zero-order valence-electron chi connectivity index (χ0n) is 14.2. The van der Waals surface area contributed by atoms with Crippen molar-refractivity contribution < 1.29 is 14.0 Å².